The molecule has 0 fully saturated rings. The van der Waals surface area contributed by atoms with Gasteiger partial charge in [-0.25, -0.2) is 0 Å². The number of aryl methyl sites for hydroxylation is 1. The topological polar surface area (TPSA) is 50.4 Å². The summed E-state index contributed by atoms with van der Waals surface area (Å²) in [5.41, 5.74) is 3.21. The number of rotatable bonds is 5. The van der Waals surface area contributed by atoms with Gasteiger partial charge in [0.2, 0.25) is 5.91 Å². The monoisotopic (exact) mass is 296 g/mol. The molecule has 0 saturated carbocycles. The Balaban J connectivity index is 2.37. The zero-order valence-electron chi connectivity index (χ0n) is 9.97. The number of alkyl halides is 3. The Bertz CT molecular complexity index is 452. The van der Waals surface area contributed by atoms with E-state index < -0.39 is 25.2 Å². The Morgan fingerprint density at radius 2 is 2.11 bits per heavy atom. The molecule has 0 aromatic heterocycles. The summed E-state index contributed by atoms with van der Waals surface area (Å²) in [5.74, 6) is -0.535. The molecule has 0 heterocycles. The minimum atomic E-state index is -4.44. The molecule has 0 saturated heterocycles. The van der Waals surface area contributed by atoms with Gasteiger partial charge in [-0.3, -0.25) is 9.63 Å². The van der Waals surface area contributed by atoms with Crippen molar-refractivity contribution in [2.24, 2.45) is 0 Å². The van der Waals surface area contributed by atoms with Gasteiger partial charge < -0.3 is 5.32 Å². The van der Waals surface area contributed by atoms with Gasteiger partial charge in [-0.2, -0.15) is 18.7 Å². The molecule has 19 heavy (non-hydrogen) atoms. The van der Waals surface area contributed by atoms with Crippen molar-refractivity contribution < 1.29 is 22.8 Å². The molecule has 0 aliphatic heterocycles. The fraction of sp³-hybridized carbons (Fsp3) is 0.364. The van der Waals surface area contributed by atoms with Crippen molar-refractivity contribution in [1.82, 2.24) is 5.48 Å². The van der Waals surface area contributed by atoms with Crippen molar-refractivity contribution in [2.75, 3.05) is 18.5 Å². The van der Waals surface area contributed by atoms with Gasteiger partial charge in [0.1, 0.15) is 6.54 Å². The first-order chi connectivity index (χ1) is 8.78. The van der Waals surface area contributed by atoms with Crippen LogP contribution in [-0.2, 0) is 9.63 Å². The molecule has 0 radical (unpaired) electrons. The van der Waals surface area contributed by atoms with E-state index in [-0.39, 0.29) is 0 Å². The van der Waals surface area contributed by atoms with Crippen molar-refractivity contribution in [1.29, 1.82) is 0 Å². The number of hydrogen-bond donors (Lipinski definition) is 2. The van der Waals surface area contributed by atoms with Crippen LogP contribution in [0.5, 0.6) is 0 Å². The molecule has 2 N–H and O–H groups in total. The first kappa shape index (κ1) is 15.7. The van der Waals surface area contributed by atoms with Crippen LogP contribution in [0.1, 0.15) is 5.56 Å². The highest BCUT2D eigenvalue weighted by Gasteiger charge is 2.27. The van der Waals surface area contributed by atoms with Crippen LogP contribution in [0, 0.1) is 6.92 Å². The van der Waals surface area contributed by atoms with Crippen molar-refractivity contribution in [3.8, 4) is 0 Å². The SMILES string of the molecule is Cc1ccc(Cl)cc1NC(=O)CNOCC(F)(F)F. The van der Waals surface area contributed by atoms with E-state index in [4.69, 9.17) is 11.6 Å². The van der Waals surface area contributed by atoms with E-state index in [2.05, 4.69) is 10.2 Å². The molecule has 0 aliphatic rings. The van der Waals surface area contributed by atoms with Crippen LogP contribution in [0.2, 0.25) is 5.02 Å². The molecule has 106 valence electrons. The molecular formula is C11H12ClF3N2O2. The maximum absolute atomic E-state index is 11.7. The summed E-state index contributed by atoms with van der Waals surface area (Å²) in [7, 11) is 0. The Labute approximate surface area is 112 Å². The molecule has 1 rings (SSSR count). The summed E-state index contributed by atoms with van der Waals surface area (Å²) in [6.07, 6.45) is -4.44. The second kappa shape index (κ2) is 6.74. The minimum absolute atomic E-state index is 0.401. The van der Waals surface area contributed by atoms with Crippen molar-refractivity contribution in [3.63, 3.8) is 0 Å². The Kier molecular flexibility index (Phi) is 5.59. The lowest BCUT2D eigenvalue weighted by Crippen LogP contribution is -2.31. The predicted molar refractivity (Wildman–Crippen MR) is 64.8 cm³/mol. The van der Waals surface area contributed by atoms with Gasteiger partial charge in [-0.05, 0) is 24.6 Å². The van der Waals surface area contributed by atoms with Crippen LogP contribution >= 0.6 is 11.6 Å². The highest BCUT2D eigenvalue weighted by molar-refractivity contribution is 6.31. The van der Waals surface area contributed by atoms with Gasteiger partial charge in [-0.1, -0.05) is 17.7 Å². The zero-order valence-corrected chi connectivity index (χ0v) is 10.7. The van der Waals surface area contributed by atoms with Crippen LogP contribution < -0.4 is 10.8 Å². The molecule has 0 aliphatic carbocycles. The molecule has 0 atom stereocenters. The molecular weight excluding hydrogens is 285 g/mol. The molecule has 1 aromatic rings. The molecule has 4 nitrogen and oxygen atoms in total. The highest BCUT2D eigenvalue weighted by Crippen LogP contribution is 2.19. The Hall–Kier alpha value is -1.31. The maximum atomic E-state index is 11.7. The first-order valence-corrected chi connectivity index (χ1v) is 5.63. The Morgan fingerprint density at radius 3 is 2.74 bits per heavy atom. The van der Waals surface area contributed by atoms with E-state index in [9.17, 15) is 18.0 Å². The summed E-state index contributed by atoms with van der Waals surface area (Å²) in [5, 5.41) is 2.95. The van der Waals surface area contributed by atoms with E-state index in [1.165, 1.54) is 0 Å². The predicted octanol–water partition coefficient (Wildman–Crippen LogP) is 2.67. The fourth-order valence-corrected chi connectivity index (χ4v) is 1.34. The number of halogens is 4. The Morgan fingerprint density at radius 1 is 1.42 bits per heavy atom. The van der Waals surface area contributed by atoms with Gasteiger partial charge in [0, 0.05) is 10.7 Å². The number of benzene rings is 1. The lowest BCUT2D eigenvalue weighted by Gasteiger charge is -2.10. The second-order valence-corrected chi connectivity index (χ2v) is 4.17. The number of anilines is 1. The van der Waals surface area contributed by atoms with Crippen molar-refractivity contribution in [2.45, 2.75) is 13.1 Å². The summed E-state index contributed by atoms with van der Waals surface area (Å²) < 4.78 is 35.2. The first-order valence-electron chi connectivity index (χ1n) is 5.25. The molecule has 8 heteroatoms. The maximum Gasteiger partial charge on any atom is 0.413 e. The van der Waals surface area contributed by atoms with E-state index in [1.807, 2.05) is 5.48 Å². The second-order valence-electron chi connectivity index (χ2n) is 3.73. The molecule has 0 unspecified atom stereocenters. The number of carbonyl (C=O) groups is 1. The summed E-state index contributed by atoms with van der Waals surface area (Å²) >= 11 is 5.76. The molecule has 1 aromatic carbocycles. The summed E-state index contributed by atoms with van der Waals surface area (Å²) in [6, 6.07) is 4.92. The van der Waals surface area contributed by atoms with Gasteiger partial charge >= 0.3 is 6.18 Å². The van der Waals surface area contributed by atoms with Crippen LogP contribution in [0.15, 0.2) is 18.2 Å². The average Bonchev–Trinajstić information content (AvgIpc) is 2.28. The van der Waals surface area contributed by atoms with Crippen LogP contribution in [0.3, 0.4) is 0 Å². The standard InChI is InChI=1S/C11H12ClF3N2O2/c1-7-2-3-8(12)4-9(7)17-10(18)5-16-19-6-11(13,14)15/h2-4,16H,5-6H2,1H3,(H,17,18). The number of hydroxylamine groups is 1. The molecule has 1 amide bonds. The van der Waals surface area contributed by atoms with Gasteiger partial charge in [-0.15, -0.1) is 0 Å². The van der Waals surface area contributed by atoms with Crippen LogP contribution in [0.25, 0.3) is 0 Å². The molecule has 0 spiro atoms. The van der Waals surface area contributed by atoms with Gasteiger partial charge in [0.15, 0.2) is 6.61 Å². The number of amides is 1. The zero-order chi connectivity index (χ0) is 14.5. The fourth-order valence-electron chi connectivity index (χ4n) is 1.17. The smallest absolute Gasteiger partial charge is 0.325 e. The number of carbonyl (C=O) groups excluding carboxylic acids is 1. The average molecular weight is 297 g/mol. The molecule has 0 bridgehead atoms. The summed E-state index contributed by atoms with van der Waals surface area (Å²) in [4.78, 5) is 15.5. The van der Waals surface area contributed by atoms with Gasteiger partial charge in [0.25, 0.3) is 0 Å². The third kappa shape index (κ3) is 6.42. The van der Waals surface area contributed by atoms with Crippen LogP contribution in [0.4, 0.5) is 18.9 Å². The van der Waals surface area contributed by atoms with Crippen LogP contribution in [-0.4, -0.2) is 25.2 Å². The third-order valence-corrected chi connectivity index (χ3v) is 2.28. The lowest BCUT2D eigenvalue weighted by atomic mass is 10.2. The normalized spacial score (nSPS) is 11.4. The number of nitrogens with one attached hydrogen (secondary N) is 2. The van der Waals surface area contributed by atoms with Crippen molar-refractivity contribution >= 4 is 23.2 Å². The minimum Gasteiger partial charge on any atom is -0.325 e. The lowest BCUT2D eigenvalue weighted by molar-refractivity contribution is -0.189. The van der Waals surface area contributed by atoms with E-state index in [0.717, 1.165) is 5.56 Å². The third-order valence-electron chi connectivity index (χ3n) is 2.04. The largest absolute Gasteiger partial charge is 0.413 e. The quantitative estimate of drug-likeness (QED) is 0.649. The van der Waals surface area contributed by atoms with E-state index in [1.54, 1.807) is 25.1 Å². The highest BCUT2D eigenvalue weighted by atomic mass is 35.5. The van der Waals surface area contributed by atoms with E-state index >= 15 is 0 Å². The number of hydrogen-bond acceptors (Lipinski definition) is 3. The van der Waals surface area contributed by atoms with Gasteiger partial charge in [0.05, 0.1) is 0 Å². The van der Waals surface area contributed by atoms with Crippen molar-refractivity contribution in [3.05, 3.63) is 28.8 Å². The summed E-state index contributed by atoms with van der Waals surface area (Å²) in [6.45, 7) is -0.0992. The van der Waals surface area contributed by atoms with E-state index in [0.29, 0.717) is 10.7 Å².